The number of nitrogens with zero attached hydrogens (tertiary/aromatic N) is 1. The van der Waals surface area contributed by atoms with Crippen molar-refractivity contribution in [2.24, 2.45) is 0 Å². The molecular weight excluding hydrogens is 278 g/mol. The van der Waals surface area contributed by atoms with Crippen LogP contribution in [0.1, 0.15) is 39.3 Å². The van der Waals surface area contributed by atoms with Crippen LogP contribution in [-0.2, 0) is 5.60 Å². The summed E-state index contributed by atoms with van der Waals surface area (Å²) < 4.78 is 3.27. The van der Waals surface area contributed by atoms with Gasteiger partial charge in [-0.2, -0.15) is 0 Å². The number of aromatic nitrogens is 1. The van der Waals surface area contributed by atoms with Crippen molar-refractivity contribution in [3.05, 3.63) is 34.4 Å². The molecular formula is C14H18BrNO. The van der Waals surface area contributed by atoms with Crippen LogP contribution in [0.3, 0.4) is 0 Å². The van der Waals surface area contributed by atoms with E-state index < -0.39 is 5.60 Å². The molecule has 0 atom stereocenters. The Balaban J connectivity index is 2.85. The van der Waals surface area contributed by atoms with Crippen LogP contribution in [0.15, 0.2) is 28.9 Å². The number of aliphatic hydroxyl groups is 1. The Bertz CT molecular complexity index is 549. The average Bonchev–Trinajstić information content (AvgIpc) is 2.57. The van der Waals surface area contributed by atoms with Gasteiger partial charge in [0.25, 0.3) is 0 Å². The van der Waals surface area contributed by atoms with E-state index in [1.165, 1.54) is 0 Å². The van der Waals surface area contributed by atoms with E-state index >= 15 is 0 Å². The molecule has 1 N–H and O–H groups in total. The Morgan fingerprint density at radius 3 is 2.47 bits per heavy atom. The van der Waals surface area contributed by atoms with Gasteiger partial charge in [0.1, 0.15) is 0 Å². The molecule has 0 aliphatic heterocycles. The van der Waals surface area contributed by atoms with Gasteiger partial charge in [-0.15, -0.1) is 0 Å². The Morgan fingerprint density at radius 1 is 1.29 bits per heavy atom. The molecule has 0 saturated heterocycles. The molecule has 1 aromatic carbocycles. The van der Waals surface area contributed by atoms with E-state index in [1.807, 2.05) is 26.0 Å². The Hall–Kier alpha value is -0.800. The zero-order chi connectivity index (χ0) is 12.8. The second-order valence-electron chi connectivity index (χ2n) is 5.24. The van der Waals surface area contributed by atoms with E-state index in [0.717, 1.165) is 20.9 Å². The van der Waals surface area contributed by atoms with Crippen molar-refractivity contribution in [2.75, 3.05) is 0 Å². The minimum Gasteiger partial charge on any atom is -0.386 e. The van der Waals surface area contributed by atoms with Gasteiger partial charge >= 0.3 is 0 Å². The number of halogens is 1. The number of hydrogen-bond donors (Lipinski definition) is 1. The minimum absolute atomic E-state index is 0.368. The highest BCUT2D eigenvalue weighted by atomic mass is 79.9. The lowest BCUT2D eigenvalue weighted by Gasteiger charge is -2.16. The molecule has 0 aliphatic carbocycles. The van der Waals surface area contributed by atoms with E-state index in [2.05, 4.69) is 46.6 Å². The van der Waals surface area contributed by atoms with E-state index in [0.29, 0.717) is 6.04 Å². The predicted octanol–water partition coefficient (Wildman–Crippen LogP) is 4.21. The largest absolute Gasteiger partial charge is 0.386 e. The fraction of sp³-hybridized carbons (Fsp3) is 0.429. The predicted molar refractivity (Wildman–Crippen MR) is 75.3 cm³/mol. The molecule has 0 saturated carbocycles. The molecule has 0 aliphatic rings. The van der Waals surface area contributed by atoms with E-state index in [9.17, 15) is 5.11 Å². The van der Waals surface area contributed by atoms with Crippen molar-refractivity contribution in [1.82, 2.24) is 4.57 Å². The lowest BCUT2D eigenvalue weighted by molar-refractivity contribution is 0.0799. The second kappa shape index (κ2) is 4.14. The summed E-state index contributed by atoms with van der Waals surface area (Å²) in [5, 5.41) is 11.4. The maximum atomic E-state index is 10.2. The topological polar surface area (TPSA) is 25.2 Å². The van der Waals surface area contributed by atoms with Crippen LogP contribution in [0.2, 0.25) is 0 Å². The molecule has 3 heteroatoms. The highest BCUT2D eigenvalue weighted by molar-refractivity contribution is 9.10. The van der Waals surface area contributed by atoms with E-state index in [1.54, 1.807) is 0 Å². The second-order valence-corrected chi connectivity index (χ2v) is 6.09. The average molecular weight is 296 g/mol. The summed E-state index contributed by atoms with van der Waals surface area (Å²) in [6.45, 7) is 7.95. The molecule has 2 rings (SSSR count). The molecule has 0 unspecified atom stereocenters. The first-order chi connectivity index (χ1) is 7.82. The van der Waals surface area contributed by atoms with Crippen molar-refractivity contribution in [3.63, 3.8) is 0 Å². The van der Waals surface area contributed by atoms with Crippen molar-refractivity contribution in [1.29, 1.82) is 0 Å². The quantitative estimate of drug-likeness (QED) is 0.882. The maximum Gasteiger partial charge on any atom is 0.0861 e. The first-order valence-corrected chi connectivity index (χ1v) is 6.63. The summed E-state index contributed by atoms with van der Waals surface area (Å²) >= 11 is 3.59. The van der Waals surface area contributed by atoms with Crippen molar-refractivity contribution >= 4 is 26.8 Å². The molecule has 17 heavy (non-hydrogen) atoms. The van der Waals surface area contributed by atoms with Crippen LogP contribution < -0.4 is 0 Å². The fourth-order valence-electron chi connectivity index (χ4n) is 2.16. The highest BCUT2D eigenvalue weighted by Crippen LogP contribution is 2.35. The van der Waals surface area contributed by atoms with Crippen LogP contribution in [0.5, 0.6) is 0 Å². The molecule has 92 valence electrons. The van der Waals surface area contributed by atoms with Gasteiger partial charge in [-0.1, -0.05) is 12.1 Å². The lowest BCUT2D eigenvalue weighted by atomic mass is 9.98. The number of fused-ring (bicyclic) bond motifs is 1. The first-order valence-electron chi connectivity index (χ1n) is 5.84. The van der Waals surface area contributed by atoms with Gasteiger partial charge in [0.2, 0.25) is 0 Å². The Kier molecular flexibility index (Phi) is 3.08. The van der Waals surface area contributed by atoms with Crippen molar-refractivity contribution in [2.45, 2.75) is 39.3 Å². The van der Waals surface area contributed by atoms with Crippen LogP contribution in [-0.4, -0.2) is 9.67 Å². The summed E-state index contributed by atoms with van der Waals surface area (Å²) in [5.41, 5.74) is 1.31. The molecule has 0 spiro atoms. The third-order valence-corrected chi connectivity index (χ3v) is 3.66. The molecule has 2 nitrogen and oxygen atoms in total. The monoisotopic (exact) mass is 295 g/mol. The summed E-state index contributed by atoms with van der Waals surface area (Å²) in [6.07, 6.45) is 2.06. The molecule has 1 heterocycles. The third kappa shape index (κ3) is 2.14. The zero-order valence-electron chi connectivity index (χ0n) is 10.7. The molecule has 0 fully saturated rings. The minimum atomic E-state index is -0.820. The summed E-state index contributed by atoms with van der Waals surface area (Å²) in [6, 6.07) is 6.47. The van der Waals surface area contributed by atoms with Gasteiger partial charge in [-0.05, 0) is 49.7 Å². The van der Waals surface area contributed by atoms with Crippen LogP contribution in [0.25, 0.3) is 10.9 Å². The molecule has 0 bridgehead atoms. The smallest absolute Gasteiger partial charge is 0.0861 e. The van der Waals surface area contributed by atoms with Gasteiger partial charge < -0.3 is 9.67 Å². The summed E-state index contributed by atoms with van der Waals surface area (Å²) in [7, 11) is 0. The summed E-state index contributed by atoms with van der Waals surface area (Å²) in [4.78, 5) is 0. The van der Waals surface area contributed by atoms with Crippen LogP contribution >= 0.6 is 15.9 Å². The van der Waals surface area contributed by atoms with Gasteiger partial charge in [-0.3, -0.25) is 0 Å². The number of rotatable bonds is 2. The first kappa shape index (κ1) is 12.7. The van der Waals surface area contributed by atoms with Gasteiger partial charge in [-0.25, -0.2) is 0 Å². The summed E-state index contributed by atoms with van der Waals surface area (Å²) in [5.74, 6) is 0. The number of para-hydroxylation sites is 1. The van der Waals surface area contributed by atoms with Gasteiger partial charge in [0.15, 0.2) is 0 Å². The standard InChI is InChI=1S/C14H18BrNO/c1-9(2)16-8-11(14(3,4)17)10-6-5-7-12(15)13(10)16/h5-9,17H,1-4H3. The molecule has 2 aromatic rings. The van der Waals surface area contributed by atoms with Crippen molar-refractivity contribution < 1.29 is 5.11 Å². The maximum absolute atomic E-state index is 10.2. The third-order valence-electron chi connectivity index (χ3n) is 3.02. The van der Waals surface area contributed by atoms with Crippen LogP contribution in [0.4, 0.5) is 0 Å². The van der Waals surface area contributed by atoms with Crippen LogP contribution in [0, 0.1) is 0 Å². The van der Waals surface area contributed by atoms with Gasteiger partial charge in [0.05, 0.1) is 11.1 Å². The normalized spacial score (nSPS) is 12.6. The zero-order valence-corrected chi connectivity index (χ0v) is 12.2. The van der Waals surface area contributed by atoms with E-state index in [4.69, 9.17) is 0 Å². The SMILES string of the molecule is CC(C)n1cc(C(C)(C)O)c2cccc(Br)c21. The highest BCUT2D eigenvalue weighted by Gasteiger charge is 2.23. The Morgan fingerprint density at radius 2 is 1.94 bits per heavy atom. The molecule has 1 aromatic heterocycles. The number of hydrogen-bond acceptors (Lipinski definition) is 1. The van der Waals surface area contributed by atoms with Crippen molar-refractivity contribution in [3.8, 4) is 0 Å². The fourth-order valence-corrected chi connectivity index (χ4v) is 2.73. The lowest BCUT2D eigenvalue weighted by Crippen LogP contribution is -2.14. The van der Waals surface area contributed by atoms with Gasteiger partial charge in [0, 0.05) is 27.7 Å². The Labute approximate surface area is 110 Å². The number of benzene rings is 1. The van der Waals surface area contributed by atoms with E-state index in [-0.39, 0.29) is 0 Å². The molecule has 0 radical (unpaired) electrons. The molecule has 0 amide bonds.